The summed E-state index contributed by atoms with van der Waals surface area (Å²) < 4.78 is 0. The Labute approximate surface area is 122 Å². The monoisotopic (exact) mass is 290 g/mol. The fourth-order valence-corrected chi connectivity index (χ4v) is 2.65. The highest BCUT2D eigenvalue weighted by Gasteiger charge is 2.42. The number of carbonyl (C=O) groups is 3. The first kappa shape index (κ1) is 15.0. The van der Waals surface area contributed by atoms with E-state index in [0.717, 1.165) is 0 Å². The Balaban J connectivity index is 2.24. The maximum atomic E-state index is 12.5. The molecule has 0 spiro atoms. The molecule has 1 saturated heterocycles. The Bertz CT molecular complexity index is 599. The molecule has 1 atom stereocenters. The lowest BCUT2D eigenvalue weighted by molar-refractivity contribution is -0.128. The van der Waals surface area contributed by atoms with Gasteiger partial charge in [0.05, 0.1) is 16.5 Å². The molecular formula is C15H18N2O4. The highest BCUT2D eigenvalue weighted by Crippen LogP contribution is 2.31. The summed E-state index contributed by atoms with van der Waals surface area (Å²) >= 11 is 0. The van der Waals surface area contributed by atoms with Gasteiger partial charge in [-0.05, 0) is 25.5 Å². The van der Waals surface area contributed by atoms with Crippen LogP contribution in [0.2, 0.25) is 0 Å². The van der Waals surface area contributed by atoms with E-state index >= 15 is 0 Å². The summed E-state index contributed by atoms with van der Waals surface area (Å²) in [6.07, 6.45) is 0.563. The number of carbonyl (C=O) groups excluding carboxylic acids is 2. The molecular weight excluding hydrogens is 272 g/mol. The van der Waals surface area contributed by atoms with Crippen LogP contribution in [-0.4, -0.2) is 47.9 Å². The zero-order valence-electron chi connectivity index (χ0n) is 12.0. The SMILES string of the molecule is CNC(=O)C1(C)CCN(C(=O)c2ccccc2C(=O)O)C1. The molecule has 1 aromatic carbocycles. The van der Waals surface area contributed by atoms with Crippen LogP contribution in [-0.2, 0) is 4.79 Å². The average molecular weight is 290 g/mol. The maximum absolute atomic E-state index is 12.5. The molecule has 1 heterocycles. The fraction of sp³-hybridized carbons (Fsp3) is 0.400. The Morgan fingerprint density at radius 3 is 2.43 bits per heavy atom. The van der Waals surface area contributed by atoms with E-state index in [1.165, 1.54) is 17.0 Å². The molecule has 2 N–H and O–H groups in total. The molecule has 0 aliphatic carbocycles. The minimum atomic E-state index is -1.13. The van der Waals surface area contributed by atoms with Crippen molar-refractivity contribution in [2.24, 2.45) is 5.41 Å². The van der Waals surface area contributed by atoms with Crippen molar-refractivity contribution in [3.05, 3.63) is 35.4 Å². The third-order valence-corrected chi connectivity index (χ3v) is 3.92. The first-order valence-electron chi connectivity index (χ1n) is 6.73. The quantitative estimate of drug-likeness (QED) is 0.869. The van der Waals surface area contributed by atoms with Crippen molar-refractivity contribution in [1.29, 1.82) is 0 Å². The number of carboxylic acid groups (broad SMARTS) is 1. The summed E-state index contributed by atoms with van der Waals surface area (Å²) in [5, 5.41) is 11.8. The molecule has 21 heavy (non-hydrogen) atoms. The van der Waals surface area contributed by atoms with Gasteiger partial charge in [-0.15, -0.1) is 0 Å². The van der Waals surface area contributed by atoms with Gasteiger partial charge in [-0.2, -0.15) is 0 Å². The molecule has 1 aliphatic heterocycles. The first-order chi connectivity index (χ1) is 9.89. The Kier molecular flexibility index (Phi) is 3.97. The molecule has 1 aliphatic rings. The Hall–Kier alpha value is -2.37. The van der Waals surface area contributed by atoms with Gasteiger partial charge in [0.15, 0.2) is 0 Å². The number of nitrogens with one attached hydrogen (secondary N) is 1. The second kappa shape index (κ2) is 5.55. The fourth-order valence-electron chi connectivity index (χ4n) is 2.65. The topological polar surface area (TPSA) is 86.7 Å². The van der Waals surface area contributed by atoms with E-state index in [-0.39, 0.29) is 22.9 Å². The molecule has 1 fully saturated rings. The molecule has 6 heteroatoms. The van der Waals surface area contributed by atoms with E-state index in [2.05, 4.69) is 5.32 Å². The van der Waals surface area contributed by atoms with Gasteiger partial charge in [-0.3, -0.25) is 9.59 Å². The van der Waals surface area contributed by atoms with Crippen LogP contribution in [0.25, 0.3) is 0 Å². The number of nitrogens with zero attached hydrogens (tertiary/aromatic N) is 1. The van der Waals surface area contributed by atoms with Gasteiger partial charge in [0.25, 0.3) is 5.91 Å². The van der Waals surface area contributed by atoms with Crippen LogP contribution in [0.15, 0.2) is 24.3 Å². The van der Waals surface area contributed by atoms with Crippen molar-refractivity contribution in [1.82, 2.24) is 10.2 Å². The minimum Gasteiger partial charge on any atom is -0.478 e. The number of benzene rings is 1. The summed E-state index contributed by atoms with van der Waals surface area (Å²) in [4.78, 5) is 37.1. The number of amides is 2. The van der Waals surface area contributed by atoms with E-state index in [0.29, 0.717) is 19.5 Å². The number of aromatic carboxylic acids is 1. The molecule has 2 rings (SSSR count). The third kappa shape index (κ3) is 2.74. The predicted molar refractivity (Wildman–Crippen MR) is 76.1 cm³/mol. The summed E-state index contributed by atoms with van der Waals surface area (Å²) in [7, 11) is 1.57. The van der Waals surface area contributed by atoms with Crippen molar-refractivity contribution in [2.75, 3.05) is 20.1 Å². The van der Waals surface area contributed by atoms with Gasteiger partial charge in [0.1, 0.15) is 0 Å². The summed E-state index contributed by atoms with van der Waals surface area (Å²) in [6.45, 7) is 2.54. The lowest BCUT2D eigenvalue weighted by atomic mass is 9.89. The van der Waals surface area contributed by atoms with Gasteiger partial charge in [0, 0.05) is 20.1 Å². The number of hydrogen-bond donors (Lipinski definition) is 2. The van der Waals surface area contributed by atoms with Crippen molar-refractivity contribution in [2.45, 2.75) is 13.3 Å². The highest BCUT2D eigenvalue weighted by molar-refractivity contribution is 6.05. The second-order valence-corrected chi connectivity index (χ2v) is 5.47. The smallest absolute Gasteiger partial charge is 0.336 e. The number of rotatable bonds is 3. The van der Waals surface area contributed by atoms with Crippen molar-refractivity contribution >= 4 is 17.8 Å². The van der Waals surface area contributed by atoms with Crippen molar-refractivity contribution < 1.29 is 19.5 Å². The summed E-state index contributed by atoms with van der Waals surface area (Å²) in [5.74, 6) is -1.59. The van der Waals surface area contributed by atoms with E-state index in [4.69, 9.17) is 5.11 Å². The van der Waals surface area contributed by atoms with Crippen molar-refractivity contribution in [3.8, 4) is 0 Å². The first-order valence-corrected chi connectivity index (χ1v) is 6.73. The van der Waals surface area contributed by atoms with Crippen LogP contribution in [0.3, 0.4) is 0 Å². The van der Waals surface area contributed by atoms with Gasteiger partial charge in [-0.25, -0.2) is 4.79 Å². The zero-order valence-corrected chi connectivity index (χ0v) is 12.0. The van der Waals surface area contributed by atoms with Crippen LogP contribution in [0.1, 0.15) is 34.1 Å². The van der Waals surface area contributed by atoms with Crippen molar-refractivity contribution in [3.63, 3.8) is 0 Å². The average Bonchev–Trinajstić information content (AvgIpc) is 2.89. The number of hydrogen-bond acceptors (Lipinski definition) is 3. The number of carboxylic acids is 1. The van der Waals surface area contributed by atoms with E-state index in [9.17, 15) is 14.4 Å². The van der Waals surface area contributed by atoms with E-state index < -0.39 is 11.4 Å². The summed E-state index contributed by atoms with van der Waals surface area (Å²) in [5.41, 5.74) is -0.482. The van der Waals surface area contributed by atoms with Gasteiger partial charge in [0.2, 0.25) is 5.91 Å². The van der Waals surface area contributed by atoms with Gasteiger partial charge in [-0.1, -0.05) is 12.1 Å². The zero-order chi connectivity index (χ0) is 15.6. The maximum Gasteiger partial charge on any atom is 0.336 e. The second-order valence-electron chi connectivity index (χ2n) is 5.47. The van der Waals surface area contributed by atoms with Crippen LogP contribution in [0, 0.1) is 5.41 Å². The molecule has 0 radical (unpaired) electrons. The normalized spacial score (nSPS) is 21.1. The standard InChI is InChI=1S/C15H18N2O4/c1-15(14(21)16-2)7-8-17(9-15)12(18)10-5-3-4-6-11(10)13(19)20/h3-6H,7-9H2,1-2H3,(H,16,21)(H,19,20). The highest BCUT2D eigenvalue weighted by atomic mass is 16.4. The molecule has 0 bridgehead atoms. The summed E-state index contributed by atoms with van der Waals surface area (Å²) in [6, 6.07) is 6.12. The van der Waals surface area contributed by atoms with Gasteiger partial charge >= 0.3 is 5.97 Å². The molecule has 112 valence electrons. The molecule has 6 nitrogen and oxygen atoms in total. The number of likely N-dealkylation sites (tertiary alicyclic amines) is 1. The van der Waals surface area contributed by atoms with Crippen LogP contribution in [0.4, 0.5) is 0 Å². The minimum absolute atomic E-state index is 0.0175. The third-order valence-electron chi connectivity index (χ3n) is 3.92. The molecule has 1 unspecified atom stereocenters. The van der Waals surface area contributed by atoms with Crippen LogP contribution in [0.5, 0.6) is 0 Å². The molecule has 0 aromatic heterocycles. The molecule has 1 aromatic rings. The van der Waals surface area contributed by atoms with Gasteiger partial charge < -0.3 is 15.3 Å². The van der Waals surface area contributed by atoms with Crippen LogP contribution < -0.4 is 5.32 Å². The largest absolute Gasteiger partial charge is 0.478 e. The Morgan fingerprint density at radius 2 is 1.86 bits per heavy atom. The van der Waals surface area contributed by atoms with Crippen LogP contribution >= 0.6 is 0 Å². The van der Waals surface area contributed by atoms with E-state index in [1.54, 1.807) is 19.2 Å². The lowest BCUT2D eigenvalue weighted by Gasteiger charge is -2.23. The lowest BCUT2D eigenvalue weighted by Crippen LogP contribution is -2.40. The molecule has 0 saturated carbocycles. The predicted octanol–water partition coefficient (Wildman–Crippen LogP) is 0.983. The Morgan fingerprint density at radius 1 is 1.24 bits per heavy atom. The molecule has 2 amide bonds. The van der Waals surface area contributed by atoms with E-state index in [1.807, 2.05) is 6.92 Å².